The molecule has 18 heavy (non-hydrogen) atoms. The van der Waals surface area contributed by atoms with Gasteiger partial charge in [0.25, 0.3) is 0 Å². The van der Waals surface area contributed by atoms with Crippen LogP contribution in [-0.2, 0) is 4.79 Å². The van der Waals surface area contributed by atoms with E-state index < -0.39 is 0 Å². The first kappa shape index (κ1) is 13.9. The lowest BCUT2D eigenvalue weighted by Crippen LogP contribution is -2.54. The van der Waals surface area contributed by atoms with Crippen molar-refractivity contribution in [1.82, 2.24) is 10.6 Å². The molecule has 1 aliphatic carbocycles. The Labute approximate surface area is 111 Å². The monoisotopic (exact) mass is 252 g/mol. The van der Waals surface area contributed by atoms with Crippen molar-refractivity contribution in [2.24, 2.45) is 10.8 Å². The van der Waals surface area contributed by atoms with Crippen LogP contribution in [0.4, 0.5) is 0 Å². The van der Waals surface area contributed by atoms with Gasteiger partial charge in [0.15, 0.2) is 0 Å². The van der Waals surface area contributed by atoms with E-state index in [-0.39, 0.29) is 11.3 Å². The van der Waals surface area contributed by atoms with Crippen molar-refractivity contribution in [1.29, 1.82) is 0 Å². The largest absolute Gasteiger partial charge is 0.354 e. The number of hydrogen-bond acceptors (Lipinski definition) is 2. The topological polar surface area (TPSA) is 41.1 Å². The molecule has 2 aliphatic rings. The minimum Gasteiger partial charge on any atom is -0.354 e. The molecule has 1 heterocycles. The van der Waals surface area contributed by atoms with Crippen molar-refractivity contribution >= 4 is 5.91 Å². The molecular formula is C15H28N2O. The predicted octanol–water partition coefficient (Wildman–Crippen LogP) is 2.46. The average Bonchev–Trinajstić information content (AvgIpc) is 2.75. The summed E-state index contributed by atoms with van der Waals surface area (Å²) in [7, 11) is 0. The number of carbonyl (C=O) groups is 1. The van der Waals surface area contributed by atoms with Crippen molar-refractivity contribution in [3.05, 3.63) is 0 Å². The quantitative estimate of drug-likeness (QED) is 0.810. The highest BCUT2D eigenvalue weighted by Gasteiger charge is 2.37. The van der Waals surface area contributed by atoms with Crippen molar-refractivity contribution < 1.29 is 4.79 Å². The van der Waals surface area contributed by atoms with Crippen molar-refractivity contribution in [3.63, 3.8) is 0 Å². The van der Waals surface area contributed by atoms with Gasteiger partial charge in [-0.1, -0.05) is 33.6 Å². The summed E-state index contributed by atoms with van der Waals surface area (Å²) in [5, 5.41) is 6.74. The fourth-order valence-corrected chi connectivity index (χ4v) is 3.41. The van der Waals surface area contributed by atoms with Gasteiger partial charge < -0.3 is 10.6 Å². The van der Waals surface area contributed by atoms with Crippen LogP contribution >= 0.6 is 0 Å². The van der Waals surface area contributed by atoms with Gasteiger partial charge in [0.05, 0.1) is 0 Å². The van der Waals surface area contributed by atoms with E-state index in [0.717, 1.165) is 25.9 Å². The molecule has 0 aromatic heterocycles. The Morgan fingerprint density at radius 3 is 2.44 bits per heavy atom. The zero-order valence-electron chi connectivity index (χ0n) is 12.1. The molecule has 104 valence electrons. The number of nitrogens with one attached hydrogen (secondary N) is 2. The zero-order valence-corrected chi connectivity index (χ0v) is 12.1. The van der Waals surface area contributed by atoms with E-state index >= 15 is 0 Å². The normalized spacial score (nSPS) is 30.1. The summed E-state index contributed by atoms with van der Waals surface area (Å²) in [5.74, 6) is 0.267. The van der Waals surface area contributed by atoms with Gasteiger partial charge in [0.1, 0.15) is 0 Å². The molecule has 3 nitrogen and oxygen atoms in total. The third kappa shape index (κ3) is 2.87. The van der Waals surface area contributed by atoms with Crippen LogP contribution in [0.1, 0.15) is 59.3 Å². The van der Waals surface area contributed by atoms with Crippen LogP contribution < -0.4 is 10.6 Å². The lowest BCUT2D eigenvalue weighted by atomic mass is 9.77. The van der Waals surface area contributed by atoms with E-state index in [0.29, 0.717) is 11.5 Å². The Kier molecular flexibility index (Phi) is 4.00. The summed E-state index contributed by atoms with van der Waals surface area (Å²) < 4.78 is 0. The first-order valence-corrected chi connectivity index (χ1v) is 7.46. The van der Waals surface area contributed by atoms with Gasteiger partial charge in [-0.3, -0.25) is 4.79 Å². The lowest BCUT2D eigenvalue weighted by Gasteiger charge is -2.40. The highest BCUT2D eigenvalue weighted by Crippen LogP contribution is 2.37. The second kappa shape index (κ2) is 5.20. The second-order valence-electron chi connectivity index (χ2n) is 7.08. The van der Waals surface area contributed by atoms with Crippen LogP contribution in [0, 0.1) is 10.8 Å². The number of hydrogen-bond donors (Lipinski definition) is 2. The molecule has 0 aromatic rings. The zero-order chi connectivity index (χ0) is 13.2. The lowest BCUT2D eigenvalue weighted by molar-refractivity contribution is -0.130. The first-order valence-electron chi connectivity index (χ1n) is 7.46. The van der Waals surface area contributed by atoms with Crippen LogP contribution in [0.5, 0.6) is 0 Å². The van der Waals surface area contributed by atoms with Gasteiger partial charge in [-0.15, -0.1) is 0 Å². The third-order valence-corrected chi connectivity index (χ3v) is 5.05. The maximum atomic E-state index is 12.3. The molecular weight excluding hydrogens is 224 g/mol. The number of rotatable bonds is 3. The fraction of sp³-hybridized carbons (Fsp3) is 0.933. The van der Waals surface area contributed by atoms with Crippen molar-refractivity contribution in [3.8, 4) is 0 Å². The molecule has 0 spiro atoms. The fourth-order valence-electron chi connectivity index (χ4n) is 3.41. The van der Waals surface area contributed by atoms with E-state index in [1.54, 1.807) is 0 Å². The first-order chi connectivity index (χ1) is 8.44. The molecule has 0 radical (unpaired) electrons. The van der Waals surface area contributed by atoms with Crippen LogP contribution in [0.3, 0.4) is 0 Å². The van der Waals surface area contributed by atoms with Crippen molar-refractivity contribution in [2.45, 2.75) is 65.3 Å². The standard InChI is InChI=1S/C15H28N2O/c1-14(2)7-6-10-16-12(14)11-17-13(18)15(3)8-4-5-9-15/h12,16H,4-11H2,1-3H3,(H,17,18). The van der Waals surface area contributed by atoms with Crippen LogP contribution in [0.2, 0.25) is 0 Å². The summed E-state index contributed by atoms with van der Waals surface area (Å²) in [6.07, 6.45) is 7.02. The number of piperidine rings is 1. The molecule has 1 atom stereocenters. The molecule has 2 rings (SSSR count). The molecule has 3 heteroatoms. The molecule has 2 N–H and O–H groups in total. The van der Waals surface area contributed by atoms with Gasteiger partial charge >= 0.3 is 0 Å². The van der Waals surface area contributed by atoms with Crippen LogP contribution in [-0.4, -0.2) is 25.0 Å². The van der Waals surface area contributed by atoms with Gasteiger partial charge in [-0.2, -0.15) is 0 Å². The summed E-state index contributed by atoms with van der Waals surface area (Å²) in [6, 6.07) is 0.417. The predicted molar refractivity (Wildman–Crippen MR) is 74.4 cm³/mol. The highest BCUT2D eigenvalue weighted by atomic mass is 16.2. The Bertz CT molecular complexity index is 306. The van der Waals surface area contributed by atoms with Gasteiger partial charge in [0.2, 0.25) is 5.91 Å². The SMILES string of the molecule is CC1(C(=O)NCC2NCCCC2(C)C)CCCC1. The summed E-state index contributed by atoms with van der Waals surface area (Å²) >= 11 is 0. The average molecular weight is 252 g/mol. The molecule has 1 saturated carbocycles. The molecule has 2 fully saturated rings. The van der Waals surface area contributed by atoms with Gasteiger partial charge in [-0.25, -0.2) is 0 Å². The van der Waals surface area contributed by atoms with E-state index in [4.69, 9.17) is 0 Å². The summed E-state index contributed by atoms with van der Waals surface area (Å²) in [6.45, 7) is 8.58. The minimum absolute atomic E-state index is 0.0984. The summed E-state index contributed by atoms with van der Waals surface area (Å²) in [4.78, 5) is 12.3. The molecule has 1 saturated heterocycles. The number of amides is 1. The van der Waals surface area contributed by atoms with Gasteiger partial charge in [-0.05, 0) is 37.6 Å². The van der Waals surface area contributed by atoms with Crippen LogP contribution in [0.15, 0.2) is 0 Å². The Hall–Kier alpha value is -0.570. The Morgan fingerprint density at radius 2 is 1.83 bits per heavy atom. The van der Waals surface area contributed by atoms with E-state index in [1.165, 1.54) is 25.7 Å². The van der Waals surface area contributed by atoms with E-state index in [9.17, 15) is 4.79 Å². The summed E-state index contributed by atoms with van der Waals surface area (Å²) in [5.41, 5.74) is 0.195. The minimum atomic E-state index is -0.0984. The molecule has 0 aromatic carbocycles. The molecule has 1 unspecified atom stereocenters. The highest BCUT2D eigenvalue weighted by molar-refractivity contribution is 5.82. The van der Waals surface area contributed by atoms with Crippen LogP contribution in [0.25, 0.3) is 0 Å². The second-order valence-corrected chi connectivity index (χ2v) is 7.08. The Balaban J connectivity index is 1.85. The smallest absolute Gasteiger partial charge is 0.225 e. The maximum absolute atomic E-state index is 12.3. The molecule has 1 amide bonds. The van der Waals surface area contributed by atoms with Crippen molar-refractivity contribution in [2.75, 3.05) is 13.1 Å². The van der Waals surface area contributed by atoms with E-state index in [1.807, 2.05) is 0 Å². The maximum Gasteiger partial charge on any atom is 0.225 e. The molecule has 1 aliphatic heterocycles. The molecule has 0 bridgehead atoms. The Morgan fingerprint density at radius 1 is 1.17 bits per heavy atom. The number of carbonyl (C=O) groups excluding carboxylic acids is 1. The third-order valence-electron chi connectivity index (χ3n) is 5.05. The van der Waals surface area contributed by atoms with E-state index in [2.05, 4.69) is 31.4 Å². The van der Waals surface area contributed by atoms with Gasteiger partial charge in [0, 0.05) is 18.0 Å².